The highest BCUT2D eigenvalue weighted by Crippen LogP contribution is 2.37. The summed E-state index contributed by atoms with van der Waals surface area (Å²) < 4.78 is 10.7. The van der Waals surface area contributed by atoms with Gasteiger partial charge < -0.3 is 9.47 Å². The maximum absolute atomic E-state index is 12.5. The second kappa shape index (κ2) is 10.9. The fourth-order valence-corrected chi connectivity index (χ4v) is 4.35. The van der Waals surface area contributed by atoms with E-state index in [1.807, 2.05) is 12.1 Å². The molecule has 2 aromatic rings. The lowest BCUT2D eigenvalue weighted by molar-refractivity contribution is -0.142. The van der Waals surface area contributed by atoms with Crippen LogP contribution in [-0.4, -0.2) is 11.9 Å². The van der Waals surface area contributed by atoms with Crippen LogP contribution < -0.4 is 4.74 Å². The Morgan fingerprint density at radius 1 is 1.03 bits per heavy atom. The highest BCUT2D eigenvalue weighted by Gasteiger charge is 2.22. The molecule has 1 aliphatic carbocycles. The lowest BCUT2D eigenvalue weighted by Gasteiger charge is -2.28. The molecule has 164 valence electrons. The van der Waals surface area contributed by atoms with Crippen molar-refractivity contribution in [2.24, 2.45) is 5.92 Å². The van der Waals surface area contributed by atoms with Gasteiger partial charge in [0.2, 0.25) is 0 Å². The highest BCUT2D eigenvalue weighted by molar-refractivity contribution is 5.91. The van der Waals surface area contributed by atoms with Crippen LogP contribution in [0.3, 0.4) is 0 Å². The maximum atomic E-state index is 12.5. The summed E-state index contributed by atoms with van der Waals surface area (Å²) in [6, 6.07) is 14.8. The van der Waals surface area contributed by atoms with E-state index in [1.165, 1.54) is 44.1 Å². The molecule has 1 aliphatic rings. The monoisotopic (exact) mass is 420 g/mol. The van der Waals surface area contributed by atoms with Gasteiger partial charge in [0, 0.05) is 6.08 Å². The first-order valence-electron chi connectivity index (χ1n) is 11.2. The Morgan fingerprint density at radius 2 is 1.68 bits per heavy atom. The third kappa shape index (κ3) is 6.30. The van der Waals surface area contributed by atoms with Gasteiger partial charge in [-0.05, 0) is 79.8 Å². The number of benzene rings is 2. The molecule has 0 bridgehead atoms. The molecule has 0 radical (unpaired) electrons. The summed E-state index contributed by atoms with van der Waals surface area (Å²) in [5.41, 5.74) is 2.58. The van der Waals surface area contributed by atoms with Gasteiger partial charge in [0.05, 0.1) is 5.56 Å². The minimum Gasteiger partial charge on any atom is -0.455 e. The molecule has 1 unspecified atom stereocenters. The summed E-state index contributed by atoms with van der Waals surface area (Å²) in [5.74, 6) is 1.17. The molecule has 1 fully saturated rings. The third-order valence-corrected chi connectivity index (χ3v) is 6.18. The first-order chi connectivity index (χ1) is 15.0. The van der Waals surface area contributed by atoms with E-state index in [4.69, 9.17) is 9.47 Å². The first kappa shape index (κ1) is 22.8. The van der Waals surface area contributed by atoms with Crippen LogP contribution in [-0.2, 0) is 9.53 Å². The van der Waals surface area contributed by atoms with E-state index >= 15 is 0 Å². The number of rotatable bonds is 8. The van der Waals surface area contributed by atoms with Crippen LogP contribution in [0.2, 0.25) is 0 Å². The number of carbonyl (C=O) groups is 2. The molecular weight excluding hydrogens is 388 g/mol. The van der Waals surface area contributed by atoms with Gasteiger partial charge in [0.15, 0.2) is 0 Å². The van der Waals surface area contributed by atoms with Gasteiger partial charge in [0.1, 0.15) is 11.9 Å². The summed E-state index contributed by atoms with van der Waals surface area (Å²) in [5, 5.41) is 0. The minimum atomic E-state index is -0.478. The fraction of sp³-hybridized carbons (Fsp3) is 0.407. The molecule has 0 spiro atoms. The van der Waals surface area contributed by atoms with Crippen molar-refractivity contribution in [1.29, 1.82) is 0 Å². The molecule has 0 saturated heterocycles. The summed E-state index contributed by atoms with van der Waals surface area (Å²) in [6.07, 6.45) is 8.47. The Balaban J connectivity index is 1.54. The number of esters is 2. The summed E-state index contributed by atoms with van der Waals surface area (Å²) in [4.78, 5) is 23.8. The molecule has 0 heterocycles. The van der Waals surface area contributed by atoms with E-state index in [-0.39, 0.29) is 0 Å². The SMILES string of the molecule is C=CC(=O)OC(C)c1ccc(C(=O)Oc2ccc(C3CCC(CCC)CC3)cc2)cc1. The second-order valence-corrected chi connectivity index (χ2v) is 8.37. The van der Waals surface area contributed by atoms with Crippen LogP contribution in [0.1, 0.15) is 85.9 Å². The van der Waals surface area contributed by atoms with Gasteiger partial charge in [-0.25, -0.2) is 9.59 Å². The first-order valence-corrected chi connectivity index (χ1v) is 11.2. The molecule has 0 aromatic heterocycles. The summed E-state index contributed by atoms with van der Waals surface area (Å²) in [6.45, 7) is 7.43. The minimum absolute atomic E-state index is 0.407. The van der Waals surface area contributed by atoms with Crippen molar-refractivity contribution in [3.8, 4) is 5.75 Å². The Bertz CT molecular complexity index is 874. The molecule has 2 aromatic carbocycles. The van der Waals surface area contributed by atoms with E-state index < -0.39 is 18.0 Å². The molecule has 0 N–H and O–H groups in total. The molecule has 0 aliphatic heterocycles. The van der Waals surface area contributed by atoms with Gasteiger partial charge in [-0.1, -0.05) is 50.6 Å². The van der Waals surface area contributed by atoms with E-state index in [1.54, 1.807) is 31.2 Å². The maximum Gasteiger partial charge on any atom is 0.343 e. The molecule has 4 heteroatoms. The zero-order valence-electron chi connectivity index (χ0n) is 18.5. The predicted octanol–water partition coefficient (Wildman–Crippen LogP) is 6.77. The van der Waals surface area contributed by atoms with Crippen molar-refractivity contribution in [1.82, 2.24) is 0 Å². The van der Waals surface area contributed by atoms with Gasteiger partial charge in [-0.15, -0.1) is 0 Å². The van der Waals surface area contributed by atoms with Crippen molar-refractivity contribution in [3.63, 3.8) is 0 Å². The van der Waals surface area contributed by atoms with Crippen LogP contribution in [0.15, 0.2) is 61.2 Å². The van der Waals surface area contributed by atoms with Crippen LogP contribution in [0.5, 0.6) is 5.75 Å². The molecule has 1 atom stereocenters. The summed E-state index contributed by atoms with van der Waals surface area (Å²) in [7, 11) is 0. The van der Waals surface area contributed by atoms with Gasteiger partial charge >= 0.3 is 11.9 Å². The molecular formula is C27H32O4. The van der Waals surface area contributed by atoms with E-state index in [2.05, 4.69) is 25.6 Å². The molecule has 4 nitrogen and oxygen atoms in total. The Kier molecular flexibility index (Phi) is 8.05. The van der Waals surface area contributed by atoms with E-state index in [0.29, 0.717) is 17.2 Å². The predicted molar refractivity (Wildman–Crippen MR) is 122 cm³/mol. The zero-order chi connectivity index (χ0) is 22.2. The fourth-order valence-electron chi connectivity index (χ4n) is 4.35. The van der Waals surface area contributed by atoms with Gasteiger partial charge in [-0.2, -0.15) is 0 Å². The van der Waals surface area contributed by atoms with Crippen molar-refractivity contribution in [2.45, 2.75) is 64.4 Å². The normalized spacial score (nSPS) is 19.3. The standard InChI is InChI=1S/C27H32O4/c1-4-6-20-7-9-22(10-8-20)23-15-17-25(18-16-23)31-27(29)24-13-11-21(12-14-24)19(3)30-26(28)5-2/h5,11-20,22H,2,4,6-10H2,1,3H3. The molecule has 1 saturated carbocycles. The van der Waals surface area contributed by atoms with Crippen LogP contribution in [0.25, 0.3) is 0 Å². The van der Waals surface area contributed by atoms with E-state index in [0.717, 1.165) is 17.6 Å². The quantitative estimate of drug-likeness (QED) is 0.269. The van der Waals surface area contributed by atoms with Crippen LogP contribution in [0, 0.1) is 5.92 Å². The lowest BCUT2D eigenvalue weighted by Crippen LogP contribution is -2.13. The largest absolute Gasteiger partial charge is 0.455 e. The van der Waals surface area contributed by atoms with Crippen molar-refractivity contribution in [2.75, 3.05) is 0 Å². The van der Waals surface area contributed by atoms with Crippen LogP contribution >= 0.6 is 0 Å². The lowest BCUT2D eigenvalue weighted by atomic mass is 9.77. The Morgan fingerprint density at radius 3 is 2.26 bits per heavy atom. The van der Waals surface area contributed by atoms with Crippen molar-refractivity contribution >= 4 is 11.9 Å². The number of hydrogen-bond acceptors (Lipinski definition) is 4. The topological polar surface area (TPSA) is 52.6 Å². The van der Waals surface area contributed by atoms with Gasteiger partial charge in [-0.3, -0.25) is 0 Å². The number of carbonyl (C=O) groups excluding carboxylic acids is 2. The second-order valence-electron chi connectivity index (χ2n) is 8.37. The zero-order valence-corrected chi connectivity index (χ0v) is 18.5. The third-order valence-electron chi connectivity index (χ3n) is 6.18. The number of ether oxygens (including phenoxy) is 2. The number of hydrogen-bond donors (Lipinski definition) is 0. The Hall–Kier alpha value is -2.88. The molecule has 3 rings (SSSR count). The summed E-state index contributed by atoms with van der Waals surface area (Å²) >= 11 is 0. The molecule has 0 amide bonds. The Labute approximate surface area is 185 Å². The average molecular weight is 421 g/mol. The van der Waals surface area contributed by atoms with Crippen molar-refractivity contribution in [3.05, 3.63) is 77.9 Å². The smallest absolute Gasteiger partial charge is 0.343 e. The average Bonchev–Trinajstić information content (AvgIpc) is 2.80. The van der Waals surface area contributed by atoms with E-state index in [9.17, 15) is 9.59 Å². The molecule has 31 heavy (non-hydrogen) atoms. The highest BCUT2D eigenvalue weighted by atomic mass is 16.5. The van der Waals surface area contributed by atoms with Gasteiger partial charge in [0.25, 0.3) is 0 Å². The van der Waals surface area contributed by atoms with Crippen LogP contribution in [0.4, 0.5) is 0 Å². The van der Waals surface area contributed by atoms with Crippen molar-refractivity contribution < 1.29 is 19.1 Å².